The predicted octanol–water partition coefficient (Wildman–Crippen LogP) is 0.771. The summed E-state index contributed by atoms with van der Waals surface area (Å²) in [4.78, 5) is 4.28. The normalized spacial score (nSPS) is 11.0. The second kappa shape index (κ2) is 6.25. The Morgan fingerprint density at radius 1 is 1.39 bits per heavy atom. The summed E-state index contributed by atoms with van der Waals surface area (Å²) >= 11 is 0. The first kappa shape index (κ1) is 12.7. The van der Waals surface area contributed by atoms with Crippen LogP contribution in [0.15, 0.2) is 10.7 Å². The Morgan fingerprint density at radius 2 is 2.28 bits per heavy atom. The second-order valence-corrected chi connectivity index (χ2v) is 4.04. The third-order valence-corrected chi connectivity index (χ3v) is 2.42. The lowest BCUT2D eigenvalue weighted by atomic mass is 10.3. The van der Waals surface area contributed by atoms with Crippen LogP contribution in [-0.4, -0.2) is 31.7 Å². The van der Waals surface area contributed by atoms with Crippen LogP contribution < -0.4 is 5.32 Å². The molecule has 0 saturated heterocycles. The molecular weight excluding hydrogens is 232 g/mol. The molecule has 0 unspecified atom stereocenters. The number of aryl methyl sites for hydroxylation is 1. The van der Waals surface area contributed by atoms with Crippen molar-refractivity contribution < 1.29 is 4.52 Å². The zero-order valence-corrected chi connectivity index (χ0v) is 10.8. The minimum Gasteiger partial charge on any atom is -0.337 e. The van der Waals surface area contributed by atoms with Crippen LogP contribution in [0.2, 0.25) is 0 Å². The van der Waals surface area contributed by atoms with Gasteiger partial charge in [-0.05, 0) is 13.0 Å². The molecule has 2 aromatic heterocycles. The number of hydrogen-bond acceptors (Lipinski definition) is 6. The largest absolute Gasteiger partial charge is 0.337 e. The van der Waals surface area contributed by atoms with Gasteiger partial charge in [0.2, 0.25) is 5.89 Å². The zero-order valence-electron chi connectivity index (χ0n) is 10.8. The maximum atomic E-state index is 5.15. The van der Waals surface area contributed by atoms with Gasteiger partial charge in [-0.25, -0.2) is 4.68 Å². The molecule has 2 rings (SSSR count). The molecule has 2 aromatic rings. The van der Waals surface area contributed by atoms with E-state index in [0.29, 0.717) is 12.4 Å². The lowest BCUT2D eigenvalue weighted by Gasteiger charge is -1.94. The molecule has 98 valence electrons. The SMILES string of the molecule is CCCc1noc(Cn2cc(CNCC)nn2)n1. The molecule has 0 amide bonds. The Kier molecular flexibility index (Phi) is 4.40. The van der Waals surface area contributed by atoms with Crippen molar-refractivity contribution in [1.29, 1.82) is 0 Å². The molecule has 18 heavy (non-hydrogen) atoms. The highest BCUT2D eigenvalue weighted by atomic mass is 16.5. The van der Waals surface area contributed by atoms with E-state index in [1.54, 1.807) is 4.68 Å². The molecule has 2 heterocycles. The highest BCUT2D eigenvalue weighted by molar-refractivity contribution is 4.94. The standard InChI is InChI=1S/C11H18N6O/c1-3-5-10-13-11(18-15-10)8-17-7-9(14-16-17)6-12-4-2/h7,12H,3-6,8H2,1-2H3. The Morgan fingerprint density at radius 3 is 3.06 bits per heavy atom. The smallest absolute Gasteiger partial charge is 0.248 e. The number of rotatable bonds is 7. The fraction of sp³-hybridized carbons (Fsp3) is 0.636. The number of aromatic nitrogens is 5. The van der Waals surface area contributed by atoms with E-state index in [-0.39, 0.29) is 0 Å². The van der Waals surface area contributed by atoms with Crippen molar-refractivity contribution in [3.8, 4) is 0 Å². The lowest BCUT2D eigenvalue weighted by molar-refractivity contribution is 0.359. The van der Waals surface area contributed by atoms with E-state index < -0.39 is 0 Å². The van der Waals surface area contributed by atoms with Crippen LogP contribution in [0.25, 0.3) is 0 Å². The number of nitrogens with one attached hydrogen (secondary N) is 1. The van der Waals surface area contributed by atoms with E-state index in [9.17, 15) is 0 Å². The van der Waals surface area contributed by atoms with Gasteiger partial charge in [0.15, 0.2) is 5.82 Å². The molecule has 7 heteroatoms. The Hall–Kier alpha value is -1.76. The Labute approximate surface area is 106 Å². The predicted molar refractivity (Wildman–Crippen MR) is 64.8 cm³/mol. The summed E-state index contributed by atoms with van der Waals surface area (Å²) in [6.45, 7) is 6.24. The fourth-order valence-corrected chi connectivity index (χ4v) is 1.57. The summed E-state index contributed by atoms with van der Waals surface area (Å²) in [6, 6.07) is 0. The maximum Gasteiger partial charge on any atom is 0.248 e. The van der Waals surface area contributed by atoms with Crippen molar-refractivity contribution in [3.05, 3.63) is 23.6 Å². The van der Waals surface area contributed by atoms with Crippen LogP contribution in [0.4, 0.5) is 0 Å². The number of hydrogen-bond donors (Lipinski definition) is 1. The second-order valence-electron chi connectivity index (χ2n) is 4.04. The Balaban J connectivity index is 1.93. The van der Waals surface area contributed by atoms with Crippen molar-refractivity contribution in [2.24, 2.45) is 0 Å². The summed E-state index contributed by atoms with van der Waals surface area (Å²) in [5.74, 6) is 1.32. The third kappa shape index (κ3) is 3.36. The summed E-state index contributed by atoms with van der Waals surface area (Å²) in [5, 5.41) is 15.2. The molecule has 0 aliphatic rings. The number of nitrogens with zero attached hydrogens (tertiary/aromatic N) is 5. The molecule has 0 aliphatic carbocycles. The first-order chi connectivity index (χ1) is 8.81. The summed E-state index contributed by atoms with van der Waals surface area (Å²) in [5.41, 5.74) is 0.908. The summed E-state index contributed by atoms with van der Waals surface area (Å²) in [7, 11) is 0. The van der Waals surface area contributed by atoms with Gasteiger partial charge < -0.3 is 9.84 Å². The molecule has 0 fully saturated rings. The molecule has 0 radical (unpaired) electrons. The molecule has 7 nitrogen and oxygen atoms in total. The molecule has 0 aliphatic heterocycles. The van der Waals surface area contributed by atoms with Gasteiger partial charge in [-0.2, -0.15) is 4.98 Å². The van der Waals surface area contributed by atoms with Gasteiger partial charge in [0, 0.05) is 13.0 Å². The lowest BCUT2D eigenvalue weighted by Crippen LogP contribution is -2.11. The van der Waals surface area contributed by atoms with E-state index in [1.165, 1.54) is 0 Å². The average Bonchev–Trinajstić information content (AvgIpc) is 2.98. The van der Waals surface area contributed by atoms with E-state index >= 15 is 0 Å². The van der Waals surface area contributed by atoms with Gasteiger partial charge in [-0.1, -0.05) is 24.2 Å². The van der Waals surface area contributed by atoms with Crippen molar-refractivity contribution in [1.82, 2.24) is 30.5 Å². The fourth-order valence-electron chi connectivity index (χ4n) is 1.57. The molecule has 0 spiro atoms. The molecule has 0 atom stereocenters. The van der Waals surface area contributed by atoms with Crippen LogP contribution in [0.3, 0.4) is 0 Å². The van der Waals surface area contributed by atoms with Crippen molar-refractivity contribution >= 4 is 0 Å². The average molecular weight is 250 g/mol. The molecule has 0 saturated carbocycles. The van der Waals surface area contributed by atoms with E-state index in [2.05, 4.69) is 39.6 Å². The highest BCUT2D eigenvalue weighted by Crippen LogP contribution is 2.02. The first-order valence-electron chi connectivity index (χ1n) is 6.23. The minimum absolute atomic E-state index is 0.468. The highest BCUT2D eigenvalue weighted by Gasteiger charge is 2.07. The van der Waals surface area contributed by atoms with Gasteiger partial charge in [-0.3, -0.25) is 0 Å². The van der Waals surface area contributed by atoms with Gasteiger partial charge in [0.25, 0.3) is 0 Å². The molecule has 0 bridgehead atoms. The summed E-state index contributed by atoms with van der Waals surface area (Å²) < 4.78 is 6.85. The van der Waals surface area contributed by atoms with E-state index in [4.69, 9.17) is 4.52 Å². The van der Waals surface area contributed by atoms with Crippen LogP contribution in [0, 0.1) is 0 Å². The summed E-state index contributed by atoms with van der Waals surface area (Å²) in [6.07, 6.45) is 3.73. The van der Waals surface area contributed by atoms with Crippen LogP contribution in [0.5, 0.6) is 0 Å². The van der Waals surface area contributed by atoms with Gasteiger partial charge in [0.05, 0.1) is 11.9 Å². The monoisotopic (exact) mass is 250 g/mol. The molecular formula is C11H18N6O. The minimum atomic E-state index is 0.468. The van der Waals surface area contributed by atoms with Crippen molar-refractivity contribution in [2.45, 2.75) is 39.8 Å². The molecule has 0 aromatic carbocycles. The van der Waals surface area contributed by atoms with Gasteiger partial charge in [-0.15, -0.1) is 5.10 Å². The van der Waals surface area contributed by atoms with Crippen LogP contribution in [0.1, 0.15) is 37.7 Å². The maximum absolute atomic E-state index is 5.15. The Bertz CT molecular complexity index is 477. The quantitative estimate of drug-likeness (QED) is 0.781. The first-order valence-corrected chi connectivity index (χ1v) is 6.23. The van der Waals surface area contributed by atoms with E-state index in [1.807, 2.05) is 6.20 Å². The van der Waals surface area contributed by atoms with Gasteiger partial charge in [0.1, 0.15) is 6.54 Å². The van der Waals surface area contributed by atoms with E-state index in [0.717, 1.165) is 37.4 Å². The third-order valence-electron chi connectivity index (χ3n) is 2.42. The van der Waals surface area contributed by atoms with Gasteiger partial charge >= 0.3 is 0 Å². The topological polar surface area (TPSA) is 81.7 Å². The van der Waals surface area contributed by atoms with Crippen molar-refractivity contribution in [2.75, 3.05) is 6.54 Å². The van der Waals surface area contributed by atoms with Crippen LogP contribution >= 0.6 is 0 Å². The molecule has 1 N–H and O–H groups in total. The zero-order chi connectivity index (χ0) is 12.8. The van der Waals surface area contributed by atoms with Crippen LogP contribution in [-0.2, 0) is 19.5 Å². The van der Waals surface area contributed by atoms with Crippen molar-refractivity contribution in [3.63, 3.8) is 0 Å².